The van der Waals surface area contributed by atoms with Crippen LogP contribution in [-0.2, 0) is 28.9 Å². The zero-order valence-corrected chi connectivity index (χ0v) is 19.4. The second kappa shape index (κ2) is 9.25. The predicted octanol–water partition coefficient (Wildman–Crippen LogP) is 3.65. The molecule has 2 aliphatic rings. The van der Waals surface area contributed by atoms with Crippen molar-refractivity contribution in [3.63, 3.8) is 0 Å². The molecule has 0 radical (unpaired) electrons. The number of alkyl halides is 3. The summed E-state index contributed by atoms with van der Waals surface area (Å²) in [6.07, 6.45) is -4.15. The minimum Gasteiger partial charge on any atom is -0.322 e. The van der Waals surface area contributed by atoms with Crippen molar-refractivity contribution in [2.75, 3.05) is 5.32 Å². The number of hydrogen-bond donors (Lipinski definition) is 3. The Balaban J connectivity index is 1.42. The van der Waals surface area contributed by atoms with Crippen LogP contribution in [0.4, 0.5) is 23.7 Å². The Kier molecular flexibility index (Phi) is 6.50. The van der Waals surface area contributed by atoms with Gasteiger partial charge in [-0.15, -0.1) is 0 Å². The van der Waals surface area contributed by atoms with E-state index in [-0.39, 0.29) is 49.0 Å². The van der Waals surface area contributed by atoms with Crippen LogP contribution < -0.4 is 10.6 Å². The molecule has 8 nitrogen and oxygen atoms in total. The van der Waals surface area contributed by atoms with Crippen LogP contribution in [0, 0.1) is 6.92 Å². The lowest BCUT2D eigenvalue weighted by atomic mass is 10.0. The monoisotopic (exact) mass is 506 g/mol. The molecule has 5 amide bonds. The lowest BCUT2D eigenvalue weighted by molar-refractivity contribution is -0.138. The first-order valence-corrected chi connectivity index (χ1v) is 11.1. The predicted molar refractivity (Wildman–Crippen MR) is 122 cm³/mol. The fraction of sp³-hybridized carbons (Fsp3) is 0.304. The number of rotatable bonds is 4. The molecule has 1 atom stereocenters. The highest BCUT2D eigenvalue weighted by Gasteiger charge is 2.39. The first-order valence-electron chi connectivity index (χ1n) is 10.7. The Bertz CT molecular complexity index is 1230. The molecule has 2 heterocycles. The van der Waals surface area contributed by atoms with Crippen molar-refractivity contribution in [1.29, 1.82) is 0 Å². The van der Waals surface area contributed by atoms with Crippen LogP contribution in [0.15, 0.2) is 36.4 Å². The van der Waals surface area contributed by atoms with E-state index in [9.17, 15) is 32.3 Å². The number of carbonyl (C=O) groups excluding carboxylic acids is 4. The van der Waals surface area contributed by atoms with E-state index < -0.39 is 29.7 Å². The summed E-state index contributed by atoms with van der Waals surface area (Å²) >= 11 is 4.15. The summed E-state index contributed by atoms with van der Waals surface area (Å²) in [6.45, 7) is 1.52. The minimum atomic E-state index is -4.55. The second-order valence-corrected chi connectivity index (χ2v) is 8.89. The van der Waals surface area contributed by atoms with E-state index in [1.165, 1.54) is 24.0 Å². The van der Waals surface area contributed by atoms with E-state index in [0.29, 0.717) is 16.7 Å². The number of nitrogens with zero attached hydrogens (tertiary/aromatic N) is 2. The highest BCUT2D eigenvalue weighted by Crippen LogP contribution is 2.34. The van der Waals surface area contributed by atoms with Gasteiger partial charge in [-0.2, -0.15) is 13.2 Å². The molecule has 0 aliphatic carbocycles. The first kappa shape index (κ1) is 24.6. The molecule has 12 heteroatoms. The van der Waals surface area contributed by atoms with Crippen molar-refractivity contribution in [2.24, 2.45) is 0 Å². The van der Waals surface area contributed by atoms with Crippen molar-refractivity contribution in [3.05, 3.63) is 64.2 Å². The number of benzene rings is 2. The van der Waals surface area contributed by atoms with Crippen LogP contribution in [-0.4, -0.2) is 39.0 Å². The number of nitrogens with one attached hydrogen (secondary N) is 2. The van der Waals surface area contributed by atoms with Gasteiger partial charge in [0.15, 0.2) is 0 Å². The van der Waals surface area contributed by atoms with Gasteiger partial charge in [-0.1, -0.05) is 31.0 Å². The van der Waals surface area contributed by atoms with Gasteiger partial charge in [0, 0.05) is 24.2 Å². The van der Waals surface area contributed by atoms with Crippen molar-refractivity contribution >= 4 is 42.3 Å². The first-order chi connectivity index (χ1) is 16.4. The normalized spacial score (nSPS) is 17.8. The van der Waals surface area contributed by atoms with Gasteiger partial charge in [0.25, 0.3) is 5.91 Å². The third-order valence-electron chi connectivity index (χ3n) is 5.95. The van der Waals surface area contributed by atoms with Crippen molar-refractivity contribution < 1.29 is 32.3 Å². The van der Waals surface area contributed by atoms with Gasteiger partial charge in [-0.25, -0.2) is 4.79 Å². The number of anilines is 1. The van der Waals surface area contributed by atoms with Crippen LogP contribution >= 0.6 is 12.8 Å². The zero-order chi connectivity index (χ0) is 25.5. The number of thiol groups is 1. The summed E-state index contributed by atoms with van der Waals surface area (Å²) in [5, 5.41) is 4.64. The van der Waals surface area contributed by atoms with E-state index >= 15 is 0 Å². The summed E-state index contributed by atoms with van der Waals surface area (Å²) < 4.78 is 40.4. The highest BCUT2D eigenvalue weighted by atomic mass is 32.1. The number of imide groups is 1. The average Bonchev–Trinajstić information content (AvgIpc) is 3.09. The molecule has 0 aromatic heterocycles. The number of amides is 5. The number of urea groups is 1. The summed E-state index contributed by atoms with van der Waals surface area (Å²) in [7, 11) is 0. The van der Waals surface area contributed by atoms with Gasteiger partial charge < -0.3 is 10.2 Å². The van der Waals surface area contributed by atoms with E-state index in [2.05, 4.69) is 23.4 Å². The SMILES string of the molecule is Cc1ccc(NC(=O)N(S)Cc2ccc3c(c2)CN(C2CCC(=O)NC2=O)C3=O)cc1C(F)(F)F. The second-order valence-electron chi connectivity index (χ2n) is 8.41. The summed E-state index contributed by atoms with van der Waals surface area (Å²) in [6, 6.07) is 6.97. The Morgan fingerprint density at radius 1 is 1.20 bits per heavy atom. The molecule has 1 fully saturated rings. The molecule has 1 unspecified atom stereocenters. The number of fused-ring (bicyclic) bond motifs is 1. The topological polar surface area (TPSA) is 98.8 Å². The van der Waals surface area contributed by atoms with Crippen molar-refractivity contribution in [2.45, 2.75) is 45.1 Å². The van der Waals surface area contributed by atoms with E-state index in [1.54, 1.807) is 18.2 Å². The molecule has 1 saturated heterocycles. The molecule has 35 heavy (non-hydrogen) atoms. The summed E-state index contributed by atoms with van der Waals surface area (Å²) in [5.74, 6) is -1.20. The van der Waals surface area contributed by atoms with Crippen LogP contribution in [0.1, 0.15) is 45.5 Å². The maximum atomic E-state index is 13.1. The van der Waals surface area contributed by atoms with Gasteiger partial charge in [0.1, 0.15) is 6.04 Å². The van der Waals surface area contributed by atoms with Crippen LogP contribution in [0.5, 0.6) is 0 Å². The number of piperidine rings is 1. The average molecular weight is 507 g/mol. The van der Waals surface area contributed by atoms with Crippen LogP contribution in [0.3, 0.4) is 0 Å². The van der Waals surface area contributed by atoms with E-state index in [0.717, 1.165) is 10.4 Å². The molecular formula is C23H21F3N4O4S. The Hall–Kier alpha value is -3.54. The Morgan fingerprint density at radius 3 is 2.63 bits per heavy atom. The van der Waals surface area contributed by atoms with Crippen LogP contribution in [0.2, 0.25) is 0 Å². The lowest BCUT2D eigenvalue weighted by Gasteiger charge is -2.29. The molecule has 0 spiro atoms. The van der Waals surface area contributed by atoms with Crippen molar-refractivity contribution in [1.82, 2.24) is 14.5 Å². The summed E-state index contributed by atoms with van der Waals surface area (Å²) in [5.41, 5.74) is 0.890. The molecule has 184 valence electrons. The number of carbonyl (C=O) groups is 4. The minimum absolute atomic E-state index is 0.00677. The van der Waals surface area contributed by atoms with Gasteiger partial charge in [-0.05, 0) is 48.2 Å². The van der Waals surface area contributed by atoms with Gasteiger partial charge in [0.05, 0.1) is 12.1 Å². The number of halogens is 3. The Labute approximate surface area is 204 Å². The number of aryl methyl sites for hydroxylation is 1. The lowest BCUT2D eigenvalue weighted by Crippen LogP contribution is -2.52. The molecule has 0 saturated carbocycles. The quantitative estimate of drug-likeness (QED) is 0.436. The maximum absolute atomic E-state index is 13.1. The van der Waals surface area contributed by atoms with Crippen molar-refractivity contribution in [3.8, 4) is 0 Å². The molecule has 2 aromatic rings. The largest absolute Gasteiger partial charge is 0.416 e. The molecule has 4 rings (SSSR count). The fourth-order valence-electron chi connectivity index (χ4n) is 4.16. The molecule has 2 aromatic carbocycles. The maximum Gasteiger partial charge on any atom is 0.416 e. The molecule has 2 aliphatic heterocycles. The molecular weight excluding hydrogens is 485 g/mol. The van der Waals surface area contributed by atoms with E-state index in [1.807, 2.05) is 0 Å². The third-order valence-corrected chi connectivity index (χ3v) is 6.27. The van der Waals surface area contributed by atoms with E-state index in [4.69, 9.17) is 0 Å². The van der Waals surface area contributed by atoms with Crippen LogP contribution in [0.25, 0.3) is 0 Å². The highest BCUT2D eigenvalue weighted by molar-refractivity contribution is 7.78. The Morgan fingerprint density at radius 2 is 1.94 bits per heavy atom. The molecule has 2 N–H and O–H groups in total. The summed E-state index contributed by atoms with van der Waals surface area (Å²) in [4.78, 5) is 50.3. The standard InChI is InChI=1S/C23H21F3N4O4S/c1-12-2-4-15(9-17(12)23(24,25)26)27-22(34)30(35)10-13-3-5-16-14(8-13)11-29(21(16)33)18-6-7-19(31)28-20(18)32/h2-5,8-9,18,35H,6-7,10-11H2,1H3,(H,27,34)(H,28,31,32). The smallest absolute Gasteiger partial charge is 0.322 e. The van der Waals surface area contributed by atoms with Gasteiger partial charge in [0.2, 0.25) is 11.8 Å². The molecule has 0 bridgehead atoms. The number of hydrogen-bond acceptors (Lipinski definition) is 5. The third kappa shape index (κ3) is 5.11. The van der Waals surface area contributed by atoms with Gasteiger partial charge >= 0.3 is 12.2 Å². The zero-order valence-electron chi connectivity index (χ0n) is 18.5. The fourth-order valence-corrected chi connectivity index (χ4v) is 4.38. The van der Waals surface area contributed by atoms with Gasteiger partial charge in [-0.3, -0.25) is 24.0 Å².